The first-order valence-corrected chi connectivity index (χ1v) is 6.80. The number of oxime groups is 1. The molecule has 4 heteroatoms. The van der Waals surface area contributed by atoms with Gasteiger partial charge in [-0.3, -0.25) is 4.98 Å². The predicted molar refractivity (Wildman–Crippen MR) is 87.2 cm³/mol. The van der Waals surface area contributed by atoms with Crippen molar-refractivity contribution in [2.24, 2.45) is 5.16 Å². The van der Waals surface area contributed by atoms with E-state index in [0.29, 0.717) is 5.56 Å². The Morgan fingerprint density at radius 1 is 1.05 bits per heavy atom. The molecule has 2 aromatic carbocycles. The summed E-state index contributed by atoms with van der Waals surface area (Å²) in [6, 6.07) is 14.9. The second-order valence-corrected chi connectivity index (χ2v) is 4.82. The van der Waals surface area contributed by atoms with Crippen LogP contribution >= 0.6 is 0 Å². The average molecular weight is 290 g/mol. The first-order chi connectivity index (χ1) is 10.8. The van der Waals surface area contributed by atoms with Crippen LogP contribution in [0.1, 0.15) is 11.1 Å². The van der Waals surface area contributed by atoms with Crippen LogP contribution < -0.4 is 0 Å². The zero-order chi connectivity index (χ0) is 15.4. The van der Waals surface area contributed by atoms with Gasteiger partial charge in [-0.15, -0.1) is 0 Å². The third-order valence-electron chi connectivity index (χ3n) is 3.37. The van der Waals surface area contributed by atoms with Crippen LogP contribution in [0, 0.1) is 0 Å². The van der Waals surface area contributed by atoms with E-state index < -0.39 is 0 Å². The molecule has 0 unspecified atom stereocenters. The highest BCUT2D eigenvalue weighted by molar-refractivity contribution is 6.13. The lowest BCUT2D eigenvalue weighted by Crippen LogP contribution is -1.97. The van der Waals surface area contributed by atoms with Gasteiger partial charge in [-0.05, 0) is 40.6 Å². The maximum atomic E-state index is 10.2. The number of nitrogens with zero attached hydrogens (tertiary/aromatic N) is 2. The highest BCUT2D eigenvalue weighted by atomic mass is 16.4. The van der Waals surface area contributed by atoms with Gasteiger partial charge in [0.05, 0.1) is 0 Å². The Kier molecular flexibility index (Phi) is 3.83. The van der Waals surface area contributed by atoms with Crippen molar-refractivity contribution in [3.05, 3.63) is 78.1 Å². The van der Waals surface area contributed by atoms with Crippen LogP contribution in [0.4, 0.5) is 0 Å². The van der Waals surface area contributed by atoms with E-state index in [1.807, 2.05) is 36.4 Å². The molecule has 0 radical (unpaired) electrons. The summed E-state index contributed by atoms with van der Waals surface area (Å²) in [6.45, 7) is 0. The molecule has 0 aliphatic heterocycles. The number of aromatic nitrogens is 1. The van der Waals surface area contributed by atoms with Crippen molar-refractivity contribution in [2.45, 2.75) is 0 Å². The maximum absolute atomic E-state index is 10.2. The van der Waals surface area contributed by atoms with Gasteiger partial charge in [0.1, 0.15) is 11.5 Å². The Bertz CT molecular complexity index is 855. The summed E-state index contributed by atoms with van der Waals surface area (Å²) in [5.74, 6) is 0.0716. The van der Waals surface area contributed by atoms with Gasteiger partial charge in [0, 0.05) is 18.0 Å². The molecule has 2 N–H and O–H groups in total. The SMILES string of the molecule is O/N=C(\C=C\c1cccnc1)c1cc2ccccc2cc1O. The van der Waals surface area contributed by atoms with Gasteiger partial charge in [0.25, 0.3) is 0 Å². The Balaban J connectivity index is 2.01. The molecule has 4 nitrogen and oxygen atoms in total. The fourth-order valence-corrected chi connectivity index (χ4v) is 2.26. The molecule has 1 aromatic heterocycles. The summed E-state index contributed by atoms with van der Waals surface area (Å²) in [5, 5.41) is 24.6. The van der Waals surface area contributed by atoms with Gasteiger partial charge < -0.3 is 10.3 Å². The molecule has 0 spiro atoms. The van der Waals surface area contributed by atoms with Gasteiger partial charge in [-0.2, -0.15) is 0 Å². The summed E-state index contributed by atoms with van der Waals surface area (Å²) in [5.41, 5.74) is 1.64. The van der Waals surface area contributed by atoms with E-state index in [1.165, 1.54) is 0 Å². The smallest absolute Gasteiger partial charge is 0.125 e. The minimum absolute atomic E-state index is 0.0716. The predicted octanol–water partition coefficient (Wildman–Crippen LogP) is 3.83. The summed E-state index contributed by atoms with van der Waals surface area (Å²) < 4.78 is 0. The Morgan fingerprint density at radius 3 is 2.50 bits per heavy atom. The van der Waals surface area contributed by atoms with Crippen molar-refractivity contribution >= 4 is 22.6 Å². The molecule has 0 bridgehead atoms. The van der Waals surface area contributed by atoms with Crippen molar-refractivity contribution in [1.29, 1.82) is 0 Å². The molecule has 22 heavy (non-hydrogen) atoms. The minimum Gasteiger partial charge on any atom is -0.507 e. The van der Waals surface area contributed by atoms with Crippen molar-refractivity contribution in [3.63, 3.8) is 0 Å². The zero-order valence-electron chi connectivity index (χ0n) is 11.7. The lowest BCUT2D eigenvalue weighted by molar-refractivity contribution is 0.319. The van der Waals surface area contributed by atoms with Crippen molar-refractivity contribution in [1.82, 2.24) is 4.98 Å². The fourth-order valence-electron chi connectivity index (χ4n) is 2.26. The van der Waals surface area contributed by atoms with Crippen LogP contribution in [0.3, 0.4) is 0 Å². The second kappa shape index (κ2) is 6.10. The number of hydrogen-bond donors (Lipinski definition) is 2. The van der Waals surface area contributed by atoms with Crippen LogP contribution in [-0.4, -0.2) is 21.0 Å². The molecule has 0 amide bonds. The van der Waals surface area contributed by atoms with E-state index >= 15 is 0 Å². The molecular weight excluding hydrogens is 276 g/mol. The largest absolute Gasteiger partial charge is 0.507 e. The normalized spacial score (nSPS) is 12.1. The van der Waals surface area contributed by atoms with Gasteiger partial charge in [0.15, 0.2) is 0 Å². The third-order valence-corrected chi connectivity index (χ3v) is 3.37. The first-order valence-electron chi connectivity index (χ1n) is 6.80. The molecule has 3 aromatic rings. The van der Waals surface area contributed by atoms with Gasteiger partial charge >= 0.3 is 0 Å². The average Bonchev–Trinajstić information content (AvgIpc) is 2.56. The van der Waals surface area contributed by atoms with Crippen LogP contribution in [0.15, 0.2) is 72.2 Å². The van der Waals surface area contributed by atoms with E-state index in [2.05, 4.69) is 10.1 Å². The molecule has 0 atom stereocenters. The monoisotopic (exact) mass is 290 g/mol. The number of benzene rings is 2. The molecule has 0 aliphatic rings. The third kappa shape index (κ3) is 2.81. The second-order valence-electron chi connectivity index (χ2n) is 4.82. The number of fused-ring (bicyclic) bond motifs is 1. The van der Waals surface area contributed by atoms with Gasteiger partial charge in [0.2, 0.25) is 0 Å². The van der Waals surface area contributed by atoms with E-state index in [-0.39, 0.29) is 11.5 Å². The quantitative estimate of drug-likeness (QED) is 0.437. The fraction of sp³-hybridized carbons (Fsp3) is 0. The molecule has 0 saturated heterocycles. The number of phenols is 1. The summed E-state index contributed by atoms with van der Waals surface area (Å²) in [6.07, 6.45) is 6.80. The molecule has 3 rings (SSSR count). The zero-order valence-corrected chi connectivity index (χ0v) is 11.7. The van der Waals surface area contributed by atoms with Crippen LogP contribution in [0.2, 0.25) is 0 Å². The Morgan fingerprint density at radius 2 is 1.82 bits per heavy atom. The van der Waals surface area contributed by atoms with E-state index in [4.69, 9.17) is 0 Å². The van der Waals surface area contributed by atoms with Crippen LogP contribution in [0.25, 0.3) is 16.8 Å². The number of pyridine rings is 1. The molecule has 108 valence electrons. The van der Waals surface area contributed by atoms with Crippen molar-refractivity contribution in [3.8, 4) is 5.75 Å². The molecule has 0 aliphatic carbocycles. The van der Waals surface area contributed by atoms with Crippen molar-refractivity contribution in [2.75, 3.05) is 0 Å². The van der Waals surface area contributed by atoms with Gasteiger partial charge in [-0.25, -0.2) is 0 Å². The molecule has 0 fully saturated rings. The molecular formula is C18H14N2O2. The maximum Gasteiger partial charge on any atom is 0.125 e. The number of allylic oxidation sites excluding steroid dienone is 1. The number of rotatable bonds is 3. The summed E-state index contributed by atoms with van der Waals surface area (Å²) in [7, 11) is 0. The van der Waals surface area contributed by atoms with Crippen LogP contribution in [0.5, 0.6) is 5.75 Å². The molecule has 0 saturated carbocycles. The van der Waals surface area contributed by atoms with E-state index in [1.54, 1.807) is 36.7 Å². The van der Waals surface area contributed by atoms with E-state index in [9.17, 15) is 10.3 Å². The Hall–Kier alpha value is -3.14. The lowest BCUT2D eigenvalue weighted by atomic mass is 10.0. The summed E-state index contributed by atoms with van der Waals surface area (Å²) >= 11 is 0. The lowest BCUT2D eigenvalue weighted by Gasteiger charge is -2.06. The first kappa shape index (κ1) is 13.8. The highest BCUT2D eigenvalue weighted by Gasteiger charge is 2.09. The van der Waals surface area contributed by atoms with Crippen LogP contribution in [-0.2, 0) is 0 Å². The number of phenolic OH excluding ortho intramolecular Hbond substituents is 1. The minimum atomic E-state index is 0.0716. The number of aromatic hydroxyl groups is 1. The summed E-state index contributed by atoms with van der Waals surface area (Å²) in [4.78, 5) is 4.02. The highest BCUT2D eigenvalue weighted by Crippen LogP contribution is 2.26. The topological polar surface area (TPSA) is 65.7 Å². The van der Waals surface area contributed by atoms with Gasteiger partial charge in [-0.1, -0.05) is 41.6 Å². The van der Waals surface area contributed by atoms with Crippen molar-refractivity contribution < 1.29 is 10.3 Å². The molecule has 1 heterocycles. The number of hydrogen-bond acceptors (Lipinski definition) is 4. The standard InChI is InChI=1S/C18H14N2O2/c21-18-11-15-6-2-1-5-14(15)10-16(18)17(20-22)8-7-13-4-3-9-19-12-13/h1-12,21-22H/b8-7+,20-17+. The Labute approximate surface area is 127 Å². The van der Waals surface area contributed by atoms with E-state index in [0.717, 1.165) is 16.3 Å².